The SMILES string of the molecule is C=C/C=C1\C(=C/C)Cc2c(Nc3ccccc3)n[nH]c21. The molecule has 2 N–H and O–H groups in total. The molecule has 0 spiro atoms. The first kappa shape index (κ1) is 12.5. The lowest BCUT2D eigenvalue weighted by atomic mass is 10.1. The number of fused-ring (bicyclic) bond motifs is 1. The van der Waals surface area contributed by atoms with Crippen LogP contribution in [-0.2, 0) is 6.42 Å². The Bertz CT molecular complexity index is 690. The molecule has 3 nitrogen and oxygen atoms in total. The fourth-order valence-corrected chi connectivity index (χ4v) is 2.53. The minimum Gasteiger partial charge on any atom is -0.339 e. The maximum atomic E-state index is 4.40. The summed E-state index contributed by atoms with van der Waals surface area (Å²) < 4.78 is 0. The number of benzene rings is 1. The minimum absolute atomic E-state index is 0.900. The lowest BCUT2D eigenvalue weighted by Gasteiger charge is -2.04. The Hall–Kier alpha value is -2.55. The summed E-state index contributed by atoms with van der Waals surface area (Å²) in [4.78, 5) is 0. The predicted molar refractivity (Wildman–Crippen MR) is 83.9 cm³/mol. The van der Waals surface area contributed by atoms with Crippen LogP contribution in [0.2, 0.25) is 0 Å². The van der Waals surface area contributed by atoms with Gasteiger partial charge in [0.25, 0.3) is 0 Å². The number of para-hydroxylation sites is 1. The van der Waals surface area contributed by atoms with Crippen LogP contribution in [0.4, 0.5) is 11.5 Å². The smallest absolute Gasteiger partial charge is 0.156 e. The highest BCUT2D eigenvalue weighted by Crippen LogP contribution is 2.39. The third-order valence-electron chi connectivity index (χ3n) is 3.52. The molecule has 0 saturated heterocycles. The summed E-state index contributed by atoms with van der Waals surface area (Å²) in [6.45, 7) is 5.85. The van der Waals surface area contributed by atoms with Crippen LogP contribution in [0.1, 0.15) is 18.2 Å². The van der Waals surface area contributed by atoms with Gasteiger partial charge in [-0.05, 0) is 24.6 Å². The molecule has 0 atom stereocenters. The summed E-state index contributed by atoms with van der Waals surface area (Å²) in [5, 5.41) is 10.9. The molecule has 2 aromatic rings. The normalized spacial score (nSPS) is 17.4. The lowest BCUT2D eigenvalue weighted by Crippen LogP contribution is -1.94. The van der Waals surface area contributed by atoms with Gasteiger partial charge in [0.1, 0.15) is 0 Å². The zero-order valence-corrected chi connectivity index (χ0v) is 11.5. The first-order valence-electron chi connectivity index (χ1n) is 6.71. The standard InChI is InChI=1S/C17H17N3/c1-3-8-14-12(4-2)11-15-16(14)19-20-17(15)18-13-9-6-5-7-10-13/h3-10H,1,11H2,2H3,(H2,18,19,20)/b12-4-,14-8+. The van der Waals surface area contributed by atoms with Crippen molar-refractivity contribution in [1.82, 2.24) is 10.2 Å². The molecule has 1 heterocycles. The molecular formula is C17H17N3. The van der Waals surface area contributed by atoms with E-state index in [0.717, 1.165) is 23.6 Å². The summed E-state index contributed by atoms with van der Waals surface area (Å²) in [6, 6.07) is 10.1. The number of hydrogen-bond donors (Lipinski definition) is 2. The average Bonchev–Trinajstić information content (AvgIpc) is 3.02. The summed E-state index contributed by atoms with van der Waals surface area (Å²) in [5.74, 6) is 0.901. The van der Waals surface area contributed by atoms with Crippen LogP contribution < -0.4 is 5.32 Å². The molecule has 0 amide bonds. The second kappa shape index (κ2) is 5.21. The molecule has 3 rings (SSSR count). The first-order valence-corrected chi connectivity index (χ1v) is 6.71. The molecule has 1 aromatic heterocycles. The van der Waals surface area contributed by atoms with Gasteiger partial charge in [-0.15, -0.1) is 0 Å². The number of anilines is 2. The molecule has 1 aliphatic carbocycles. The van der Waals surface area contributed by atoms with Crippen molar-refractivity contribution in [3.63, 3.8) is 0 Å². The van der Waals surface area contributed by atoms with Crippen LogP contribution in [0.15, 0.2) is 60.7 Å². The third-order valence-corrected chi connectivity index (χ3v) is 3.52. The fraction of sp³-hybridized carbons (Fsp3) is 0.118. The number of nitrogens with one attached hydrogen (secondary N) is 2. The molecule has 0 aliphatic heterocycles. The summed E-state index contributed by atoms with van der Waals surface area (Å²) >= 11 is 0. The topological polar surface area (TPSA) is 40.7 Å². The van der Waals surface area contributed by atoms with Gasteiger partial charge in [-0.25, -0.2) is 0 Å². The molecule has 0 saturated carbocycles. The molecule has 20 heavy (non-hydrogen) atoms. The van der Waals surface area contributed by atoms with Crippen molar-refractivity contribution in [3.8, 4) is 0 Å². The zero-order valence-electron chi connectivity index (χ0n) is 11.5. The van der Waals surface area contributed by atoms with Gasteiger partial charge in [-0.1, -0.05) is 43.0 Å². The van der Waals surface area contributed by atoms with E-state index in [1.165, 1.54) is 16.7 Å². The van der Waals surface area contributed by atoms with Crippen LogP contribution in [-0.4, -0.2) is 10.2 Å². The van der Waals surface area contributed by atoms with Crippen LogP contribution in [0, 0.1) is 0 Å². The summed E-state index contributed by atoms with van der Waals surface area (Å²) in [6.07, 6.45) is 6.90. The molecule has 0 unspecified atom stereocenters. The maximum absolute atomic E-state index is 4.40. The highest BCUT2D eigenvalue weighted by Gasteiger charge is 2.26. The van der Waals surface area contributed by atoms with Gasteiger partial charge in [0.15, 0.2) is 5.82 Å². The monoisotopic (exact) mass is 263 g/mol. The molecule has 0 bridgehead atoms. The Morgan fingerprint density at radius 2 is 2.10 bits per heavy atom. The van der Waals surface area contributed by atoms with Gasteiger partial charge < -0.3 is 5.32 Å². The van der Waals surface area contributed by atoms with Crippen molar-refractivity contribution in [1.29, 1.82) is 0 Å². The van der Waals surface area contributed by atoms with Gasteiger partial charge in [-0.2, -0.15) is 5.10 Å². The third kappa shape index (κ3) is 2.07. The van der Waals surface area contributed by atoms with E-state index in [4.69, 9.17) is 0 Å². The molecular weight excluding hydrogens is 246 g/mol. The van der Waals surface area contributed by atoms with E-state index in [2.05, 4.69) is 35.1 Å². The van der Waals surface area contributed by atoms with Crippen molar-refractivity contribution < 1.29 is 0 Å². The van der Waals surface area contributed by atoms with Gasteiger partial charge >= 0.3 is 0 Å². The Kier molecular flexibility index (Phi) is 3.25. The van der Waals surface area contributed by atoms with Crippen molar-refractivity contribution in [3.05, 3.63) is 72.0 Å². The molecule has 100 valence electrons. The molecule has 1 aromatic carbocycles. The van der Waals surface area contributed by atoms with Gasteiger partial charge in [0, 0.05) is 23.2 Å². The van der Waals surface area contributed by atoms with Crippen molar-refractivity contribution in [2.24, 2.45) is 0 Å². The van der Waals surface area contributed by atoms with Gasteiger partial charge in [-0.3, -0.25) is 5.10 Å². The van der Waals surface area contributed by atoms with Crippen molar-refractivity contribution >= 4 is 17.1 Å². The molecule has 3 heteroatoms. The number of nitrogens with zero attached hydrogens (tertiary/aromatic N) is 1. The number of allylic oxidation sites excluding steroid dienone is 5. The van der Waals surface area contributed by atoms with Crippen molar-refractivity contribution in [2.45, 2.75) is 13.3 Å². The number of rotatable bonds is 3. The summed E-state index contributed by atoms with van der Waals surface area (Å²) in [7, 11) is 0. The first-order chi connectivity index (χ1) is 9.83. The van der Waals surface area contributed by atoms with Crippen molar-refractivity contribution in [2.75, 3.05) is 5.32 Å². The van der Waals surface area contributed by atoms with Crippen LogP contribution in [0.25, 0.3) is 5.57 Å². The number of H-pyrrole nitrogens is 1. The highest BCUT2D eigenvalue weighted by atomic mass is 15.2. The van der Waals surface area contributed by atoms with E-state index in [1.54, 1.807) is 0 Å². The molecule has 1 aliphatic rings. The predicted octanol–water partition coefficient (Wildman–Crippen LogP) is 4.23. The van der Waals surface area contributed by atoms with Gasteiger partial charge in [0.2, 0.25) is 0 Å². The fourth-order valence-electron chi connectivity index (χ4n) is 2.53. The number of hydrogen-bond acceptors (Lipinski definition) is 2. The Morgan fingerprint density at radius 1 is 1.30 bits per heavy atom. The van der Waals surface area contributed by atoms with Gasteiger partial charge in [0.05, 0.1) is 5.69 Å². The Labute approximate surface area is 118 Å². The van der Waals surface area contributed by atoms with E-state index in [0.29, 0.717) is 0 Å². The van der Waals surface area contributed by atoms with Crippen LogP contribution >= 0.6 is 0 Å². The van der Waals surface area contributed by atoms with E-state index >= 15 is 0 Å². The van der Waals surface area contributed by atoms with E-state index < -0.39 is 0 Å². The second-order valence-corrected chi connectivity index (χ2v) is 4.72. The quantitative estimate of drug-likeness (QED) is 0.870. The lowest BCUT2D eigenvalue weighted by molar-refractivity contribution is 1.07. The minimum atomic E-state index is 0.900. The Morgan fingerprint density at radius 3 is 2.80 bits per heavy atom. The van der Waals surface area contributed by atoms with Crippen LogP contribution in [0.3, 0.4) is 0 Å². The molecule has 0 radical (unpaired) electrons. The Balaban J connectivity index is 1.97. The summed E-state index contributed by atoms with van der Waals surface area (Å²) in [5.41, 5.74) is 5.85. The maximum Gasteiger partial charge on any atom is 0.156 e. The zero-order chi connectivity index (χ0) is 13.9. The number of aromatic nitrogens is 2. The van der Waals surface area contributed by atoms with E-state index in [9.17, 15) is 0 Å². The molecule has 0 fully saturated rings. The largest absolute Gasteiger partial charge is 0.339 e. The van der Waals surface area contributed by atoms with Crippen LogP contribution in [0.5, 0.6) is 0 Å². The van der Waals surface area contributed by atoms with E-state index in [1.807, 2.05) is 42.5 Å². The number of aromatic amines is 1. The average molecular weight is 263 g/mol. The highest BCUT2D eigenvalue weighted by molar-refractivity contribution is 5.87. The van der Waals surface area contributed by atoms with E-state index in [-0.39, 0.29) is 0 Å². The second-order valence-electron chi connectivity index (χ2n) is 4.72.